The maximum absolute atomic E-state index is 12.5. The highest BCUT2D eigenvalue weighted by Crippen LogP contribution is 2.21. The van der Waals surface area contributed by atoms with Crippen LogP contribution in [0, 0.1) is 0 Å². The first kappa shape index (κ1) is 19.1. The summed E-state index contributed by atoms with van der Waals surface area (Å²) in [7, 11) is -2.87. The minimum Gasteiger partial charge on any atom is -0.441 e. The summed E-state index contributed by atoms with van der Waals surface area (Å²) in [5.41, 5.74) is 0.970. The number of carbonyl (C=O) groups excluding carboxylic acids is 1. The molecule has 0 saturated carbocycles. The van der Waals surface area contributed by atoms with Crippen LogP contribution in [0.1, 0.15) is 18.7 Å². The molecule has 28 heavy (non-hydrogen) atoms. The van der Waals surface area contributed by atoms with Gasteiger partial charge < -0.3 is 9.32 Å². The molecule has 2 fully saturated rings. The lowest BCUT2D eigenvalue weighted by atomic mass is 10.2. The maximum atomic E-state index is 12.5. The smallest absolute Gasteiger partial charge is 0.223 e. The lowest BCUT2D eigenvalue weighted by Gasteiger charge is -2.37. The van der Waals surface area contributed by atoms with Gasteiger partial charge in [-0.05, 0) is 6.42 Å². The van der Waals surface area contributed by atoms with Gasteiger partial charge in [-0.15, -0.1) is 0 Å². The van der Waals surface area contributed by atoms with Crippen LogP contribution in [0.3, 0.4) is 0 Å². The van der Waals surface area contributed by atoms with E-state index in [1.807, 2.05) is 35.2 Å². The Morgan fingerprint density at radius 2 is 1.89 bits per heavy atom. The van der Waals surface area contributed by atoms with E-state index >= 15 is 0 Å². The van der Waals surface area contributed by atoms with Crippen molar-refractivity contribution in [2.45, 2.75) is 25.3 Å². The van der Waals surface area contributed by atoms with E-state index in [0.717, 1.165) is 18.7 Å². The van der Waals surface area contributed by atoms with Crippen LogP contribution in [0.4, 0.5) is 0 Å². The number of aryl methyl sites for hydroxylation is 1. The van der Waals surface area contributed by atoms with Gasteiger partial charge in [-0.2, -0.15) is 0 Å². The van der Waals surface area contributed by atoms with Crippen molar-refractivity contribution in [2.24, 2.45) is 0 Å². The second-order valence-electron chi connectivity index (χ2n) is 7.46. The van der Waals surface area contributed by atoms with E-state index in [4.69, 9.17) is 4.42 Å². The Hall–Kier alpha value is -2.19. The van der Waals surface area contributed by atoms with Crippen molar-refractivity contribution >= 4 is 15.7 Å². The van der Waals surface area contributed by atoms with Crippen molar-refractivity contribution in [1.29, 1.82) is 0 Å². The van der Waals surface area contributed by atoms with E-state index in [0.29, 0.717) is 44.0 Å². The molecule has 1 aromatic carbocycles. The number of sulfone groups is 1. The van der Waals surface area contributed by atoms with E-state index in [-0.39, 0.29) is 23.5 Å². The Morgan fingerprint density at radius 1 is 1.14 bits per heavy atom. The third kappa shape index (κ3) is 4.44. The molecule has 2 aliphatic heterocycles. The minimum absolute atomic E-state index is 0.0955. The van der Waals surface area contributed by atoms with Crippen LogP contribution in [0.5, 0.6) is 0 Å². The van der Waals surface area contributed by atoms with Crippen molar-refractivity contribution in [3.05, 3.63) is 42.4 Å². The molecule has 1 amide bonds. The SMILES string of the molecule is O=C(CCc1ncc(-c2ccccc2)o1)N1CCN(C2CCS(=O)(=O)C2)CC1. The summed E-state index contributed by atoms with van der Waals surface area (Å²) in [6, 6.07) is 9.88. The molecule has 1 unspecified atom stereocenters. The first-order chi connectivity index (χ1) is 13.5. The van der Waals surface area contributed by atoms with E-state index in [9.17, 15) is 13.2 Å². The monoisotopic (exact) mass is 403 g/mol. The Kier molecular flexibility index (Phi) is 5.50. The van der Waals surface area contributed by atoms with Crippen LogP contribution < -0.4 is 0 Å². The van der Waals surface area contributed by atoms with Crippen molar-refractivity contribution in [3.8, 4) is 11.3 Å². The van der Waals surface area contributed by atoms with Crippen LogP contribution in [-0.4, -0.2) is 72.8 Å². The molecule has 1 atom stereocenters. The lowest BCUT2D eigenvalue weighted by Crippen LogP contribution is -2.52. The van der Waals surface area contributed by atoms with E-state index in [1.165, 1.54) is 0 Å². The molecule has 0 bridgehead atoms. The van der Waals surface area contributed by atoms with Crippen molar-refractivity contribution in [2.75, 3.05) is 37.7 Å². The van der Waals surface area contributed by atoms with E-state index in [2.05, 4.69) is 9.88 Å². The zero-order chi connectivity index (χ0) is 19.6. The summed E-state index contributed by atoms with van der Waals surface area (Å²) in [6.07, 6.45) is 3.26. The largest absolute Gasteiger partial charge is 0.441 e. The minimum atomic E-state index is -2.87. The van der Waals surface area contributed by atoms with Gasteiger partial charge in [0.25, 0.3) is 0 Å². The second-order valence-corrected chi connectivity index (χ2v) is 9.69. The molecule has 0 radical (unpaired) electrons. The molecule has 4 rings (SSSR count). The van der Waals surface area contributed by atoms with Gasteiger partial charge in [-0.3, -0.25) is 9.69 Å². The van der Waals surface area contributed by atoms with Crippen LogP contribution in [0.2, 0.25) is 0 Å². The van der Waals surface area contributed by atoms with Crippen molar-refractivity contribution in [3.63, 3.8) is 0 Å². The number of nitrogens with zero attached hydrogens (tertiary/aromatic N) is 3. The summed E-state index contributed by atoms with van der Waals surface area (Å²) < 4.78 is 29.1. The summed E-state index contributed by atoms with van der Waals surface area (Å²) in [5.74, 6) is 1.93. The molecule has 3 heterocycles. The molecule has 7 nitrogen and oxygen atoms in total. The number of aromatic nitrogens is 1. The number of piperazine rings is 1. The average molecular weight is 404 g/mol. The van der Waals surface area contributed by atoms with Gasteiger partial charge in [0.1, 0.15) is 0 Å². The van der Waals surface area contributed by atoms with Gasteiger partial charge >= 0.3 is 0 Å². The topological polar surface area (TPSA) is 83.7 Å². The number of carbonyl (C=O) groups is 1. The second kappa shape index (κ2) is 8.05. The Balaban J connectivity index is 1.25. The van der Waals surface area contributed by atoms with Crippen molar-refractivity contribution < 1.29 is 17.6 Å². The molecule has 8 heteroatoms. The predicted molar refractivity (Wildman–Crippen MR) is 105 cm³/mol. The van der Waals surface area contributed by atoms with Crippen LogP contribution in [0.15, 0.2) is 40.9 Å². The number of rotatable bonds is 5. The van der Waals surface area contributed by atoms with Gasteiger partial charge in [0.15, 0.2) is 21.5 Å². The molecule has 2 aliphatic rings. The third-order valence-corrected chi connectivity index (χ3v) is 7.31. The first-order valence-corrected chi connectivity index (χ1v) is 11.5. The number of amides is 1. The van der Waals surface area contributed by atoms with Gasteiger partial charge in [0.05, 0.1) is 17.7 Å². The molecule has 2 aromatic rings. The predicted octanol–water partition coefficient (Wildman–Crippen LogP) is 1.61. The van der Waals surface area contributed by atoms with Gasteiger partial charge in [0.2, 0.25) is 5.91 Å². The lowest BCUT2D eigenvalue weighted by molar-refractivity contribution is -0.133. The fourth-order valence-electron chi connectivity index (χ4n) is 3.93. The standard InChI is InChI=1S/C20H25N3O4S/c24-20(7-6-19-21-14-18(27-19)16-4-2-1-3-5-16)23-11-9-22(10-12-23)17-8-13-28(25,26)15-17/h1-5,14,17H,6-13,15H2. The maximum Gasteiger partial charge on any atom is 0.223 e. The summed E-state index contributed by atoms with van der Waals surface area (Å²) in [4.78, 5) is 20.9. The van der Waals surface area contributed by atoms with Crippen LogP contribution in [0.25, 0.3) is 11.3 Å². The molecule has 150 valence electrons. The Labute approximate surface area is 165 Å². The third-order valence-electron chi connectivity index (χ3n) is 5.56. The molecule has 0 N–H and O–H groups in total. The first-order valence-electron chi connectivity index (χ1n) is 9.72. The number of oxazole rings is 1. The van der Waals surface area contributed by atoms with Gasteiger partial charge in [-0.1, -0.05) is 30.3 Å². The molecule has 2 saturated heterocycles. The highest BCUT2D eigenvalue weighted by Gasteiger charge is 2.34. The molecule has 1 aromatic heterocycles. The van der Waals surface area contributed by atoms with Gasteiger partial charge in [0, 0.05) is 50.6 Å². The zero-order valence-electron chi connectivity index (χ0n) is 15.8. The highest BCUT2D eigenvalue weighted by molar-refractivity contribution is 7.91. The average Bonchev–Trinajstić information content (AvgIpc) is 3.33. The Bertz CT molecular complexity index is 918. The summed E-state index contributed by atoms with van der Waals surface area (Å²) >= 11 is 0. The fraction of sp³-hybridized carbons (Fsp3) is 0.500. The summed E-state index contributed by atoms with van der Waals surface area (Å²) in [6.45, 7) is 2.78. The van der Waals surface area contributed by atoms with Crippen LogP contribution in [-0.2, 0) is 21.1 Å². The normalized spacial score (nSPS) is 22.4. The molecule has 0 spiro atoms. The van der Waals surface area contributed by atoms with Gasteiger partial charge in [-0.25, -0.2) is 13.4 Å². The molecular weight excluding hydrogens is 378 g/mol. The van der Waals surface area contributed by atoms with E-state index in [1.54, 1.807) is 6.20 Å². The van der Waals surface area contributed by atoms with Crippen LogP contribution >= 0.6 is 0 Å². The number of hydrogen-bond acceptors (Lipinski definition) is 6. The van der Waals surface area contributed by atoms with E-state index < -0.39 is 9.84 Å². The Morgan fingerprint density at radius 3 is 2.57 bits per heavy atom. The molecule has 0 aliphatic carbocycles. The fourth-order valence-corrected chi connectivity index (χ4v) is 5.70. The highest BCUT2D eigenvalue weighted by atomic mass is 32.2. The number of hydrogen-bond donors (Lipinski definition) is 0. The number of benzene rings is 1. The van der Waals surface area contributed by atoms with Crippen molar-refractivity contribution in [1.82, 2.24) is 14.8 Å². The molecular formula is C20H25N3O4S. The zero-order valence-corrected chi connectivity index (χ0v) is 16.6. The quantitative estimate of drug-likeness (QED) is 0.754. The summed E-state index contributed by atoms with van der Waals surface area (Å²) in [5, 5.41) is 0.